The molecule has 0 aliphatic rings. The fourth-order valence-corrected chi connectivity index (χ4v) is 3.05. The quantitative estimate of drug-likeness (QED) is 0.774. The standard InChI is InChI=1S/C18H20ClN3/c1-2-22-17-6-4-3-5-16(17)21-18(22)14(12-20)11-13-7-9-15(19)10-8-13/h3-10,14H,2,11-12,20H2,1H3. The lowest BCUT2D eigenvalue weighted by Crippen LogP contribution is -2.19. The maximum Gasteiger partial charge on any atom is 0.114 e. The number of hydrogen-bond acceptors (Lipinski definition) is 2. The first-order valence-corrected chi connectivity index (χ1v) is 8.00. The monoisotopic (exact) mass is 313 g/mol. The third-order valence-electron chi connectivity index (χ3n) is 4.05. The lowest BCUT2D eigenvalue weighted by molar-refractivity contribution is 0.598. The lowest BCUT2D eigenvalue weighted by atomic mass is 9.98. The van der Waals surface area contributed by atoms with Crippen LogP contribution in [0.3, 0.4) is 0 Å². The van der Waals surface area contributed by atoms with Crippen LogP contribution in [0.1, 0.15) is 24.2 Å². The van der Waals surface area contributed by atoms with E-state index in [2.05, 4.69) is 41.8 Å². The maximum absolute atomic E-state index is 6.05. The molecular weight excluding hydrogens is 294 g/mol. The van der Waals surface area contributed by atoms with E-state index in [-0.39, 0.29) is 5.92 Å². The summed E-state index contributed by atoms with van der Waals surface area (Å²) >= 11 is 5.96. The van der Waals surface area contributed by atoms with Gasteiger partial charge in [0.1, 0.15) is 5.82 Å². The second-order valence-corrected chi connectivity index (χ2v) is 5.90. The molecule has 4 heteroatoms. The number of aromatic nitrogens is 2. The van der Waals surface area contributed by atoms with Crippen molar-refractivity contribution in [1.82, 2.24) is 9.55 Å². The average molecular weight is 314 g/mol. The minimum Gasteiger partial charge on any atom is -0.330 e. The SMILES string of the molecule is CCn1c(C(CN)Cc2ccc(Cl)cc2)nc2ccccc21. The second kappa shape index (κ2) is 6.51. The van der Waals surface area contributed by atoms with E-state index in [0.717, 1.165) is 29.3 Å². The van der Waals surface area contributed by atoms with Crippen molar-refractivity contribution in [3.05, 3.63) is 64.9 Å². The highest BCUT2D eigenvalue weighted by atomic mass is 35.5. The topological polar surface area (TPSA) is 43.8 Å². The molecule has 0 fully saturated rings. The summed E-state index contributed by atoms with van der Waals surface area (Å²) in [5, 5.41) is 0.758. The molecule has 0 saturated carbocycles. The van der Waals surface area contributed by atoms with E-state index in [9.17, 15) is 0 Å². The van der Waals surface area contributed by atoms with E-state index >= 15 is 0 Å². The Balaban J connectivity index is 1.97. The van der Waals surface area contributed by atoms with Crippen molar-refractivity contribution in [2.45, 2.75) is 25.8 Å². The highest BCUT2D eigenvalue weighted by Gasteiger charge is 2.18. The van der Waals surface area contributed by atoms with E-state index in [1.165, 1.54) is 11.1 Å². The van der Waals surface area contributed by atoms with Gasteiger partial charge in [0.15, 0.2) is 0 Å². The molecule has 0 bridgehead atoms. The Morgan fingerprint density at radius 1 is 1.14 bits per heavy atom. The third-order valence-corrected chi connectivity index (χ3v) is 4.30. The van der Waals surface area contributed by atoms with Gasteiger partial charge in [-0.25, -0.2) is 4.98 Å². The van der Waals surface area contributed by atoms with Gasteiger partial charge in [0.25, 0.3) is 0 Å². The Morgan fingerprint density at radius 2 is 1.86 bits per heavy atom. The highest BCUT2D eigenvalue weighted by Crippen LogP contribution is 2.25. The van der Waals surface area contributed by atoms with Crippen molar-refractivity contribution in [1.29, 1.82) is 0 Å². The van der Waals surface area contributed by atoms with Gasteiger partial charge in [0.05, 0.1) is 11.0 Å². The molecule has 2 aromatic carbocycles. The predicted octanol–water partition coefficient (Wildman–Crippen LogP) is 3.99. The molecule has 2 N–H and O–H groups in total. The molecule has 0 saturated heterocycles. The number of benzene rings is 2. The fourth-order valence-electron chi connectivity index (χ4n) is 2.92. The molecule has 0 spiro atoms. The van der Waals surface area contributed by atoms with Crippen LogP contribution in [0.15, 0.2) is 48.5 Å². The van der Waals surface area contributed by atoms with Gasteiger partial charge in [-0.1, -0.05) is 35.9 Å². The van der Waals surface area contributed by atoms with Crippen LogP contribution in [-0.2, 0) is 13.0 Å². The van der Waals surface area contributed by atoms with Crippen LogP contribution in [0.25, 0.3) is 11.0 Å². The van der Waals surface area contributed by atoms with E-state index in [4.69, 9.17) is 22.3 Å². The van der Waals surface area contributed by atoms with Crippen LogP contribution < -0.4 is 5.73 Å². The second-order valence-electron chi connectivity index (χ2n) is 5.47. The molecule has 22 heavy (non-hydrogen) atoms. The molecule has 1 aromatic heterocycles. The molecule has 0 radical (unpaired) electrons. The van der Waals surface area contributed by atoms with Crippen molar-refractivity contribution in [3.8, 4) is 0 Å². The fraction of sp³-hybridized carbons (Fsp3) is 0.278. The normalized spacial score (nSPS) is 12.7. The van der Waals surface area contributed by atoms with Gasteiger partial charge < -0.3 is 10.3 Å². The molecule has 1 atom stereocenters. The summed E-state index contributed by atoms with van der Waals surface area (Å²) < 4.78 is 2.27. The number of nitrogens with zero attached hydrogens (tertiary/aromatic N) is 2. The Morgan fingerprint density at radius 3 is 2.55 bits per heavy atom. The number of halogens is 1. The predicted molar refractivity (Wildman–Crippen MR) is 92.4 cm³/mol. The largest absolute Gasteiger partial charge is 0.330 e. The zero-order valence-electron chi connectivity index (χ0n) is 12.7. The molecule has 0 amide bonds. The van der Waals surface area contributed by atoms with Gasteiger partial charge in [-0.3, -0.25) is 0 Å². The van der Waals surface area contributed by atoms with Crippen LogP contribution in [0.2, 0.25) is 5.02 Å². The first-order chi connectivity index (χ1) is 10.7. The third kappa shape index (κ3) is 2.87. The summed E-state index contributed by atoms with van der Waals surface area (Å²) in [6.07, 6.45) is 0.872. The average Bonchev–Trinajstić information content (AvgIpc) is 2.92. The summed E-state index contributed by atoms with van der Waals surface area (Å²) in [5.41, 5.74) is 9.49. The van der Waals surface area contributed by atoms with Crippen LogP contribution in [0.5, 0.6) is 0 Å². The van der Waals surface area contributed by atoms with E-state index < -0.39 is 0 Å². The lowest BCUT2D eigenvalue weighted by Gasteiger charge is -2.16. The number of nitrogens with two attached hydrogens (primary N) is 1. The first-order valence-electron chi connectivity index (χ1n) is 7.62. The van der Waals surface area contributed by atoms with E-state index in [1.807, 2.05) is 18.2 Å². The summed E-state index contributed by atoms with van der Waals surface area (Å²) in [4.78, 5) is 4.83. The van der Waals surface area contributed by atoms with Gasteiger partial charge in [-0.15, -0.1) is 0 Å². The summed E-state index contributed by atoms with van der Waals surface area (Å²) in [5.74, 6) is 1.27. The molecule has 3 nitrogen and oxygen atoms in total. The first kappa shape index (κ1) is 15.1. The molecule has 3 aromatic rings. The van der Waals surface area contributed by atoms with Crippen molar-refractivity contribution in [2.75, 3.05) is 6.54 Å². The molecule has 114 valence electrons. The number of para-hydroxylation sites is 2. The Hall–Kier alpha value is -1.84. The number of imidazole rings is 1. The van der Waals surface area contributed by atoms with E-state index in [0.29, 0.717) is 6.54 Å². The van der Waals surface area contributed by atoms with Gasteiger partial charge in [0.2, 0.25) is 0 Å². The number of aryl methyl sites for hydroxylation is 1. The Bertz CT molecular complexity index is 762. The van der Waals surface area contributed by atoms with Crippen LogP contribution >= 0.6 is 11.6 Å². The molecule has 3 rings (SSSR count). The van der Waals surface area contributed by atoms with Gasteiger partial charge in [0, 0.05) is 24.0 Å². The van der Waals surface area contributed by atoms with Gasteiger partial charge in [-0.05, 0) is 43.2 Å². The Kier molecular flexibility index (Phi) is 4.46. The Labute approximate surface area is 135 Å². The molecule has 0 aliphatic carbocycles. The van der Waals surface area contributed by atoms with Crippen molar-refractivity contribution < 1.29 is 0 Å². The van der Waals surface area contributed by atoms with Crippen molar-refractivity contribution in [2.24, 2.45) is 5.73 Å². The van der Waals surface area contributed by atoms with Crippen molar-refractivity contribution in [3.63, 3.8) is 0 Å². The molecular formula is C18H20ClN3. The highest BCUT2D eigenvalue weighted by molar-refractivity contribution is 6.30. The van der Waals surface area contributed by atoms with Crippen LogP contribution in [-0.4, -0.2) is 16.1 Å². The molecule has 1 heterocycles. The van der Waals surface area contributed by atoms with Gasteiger partial charge >= 0.3 is 0 Å². The summed E-state index contributed by atoms with van der Waals surface area (Å²) in [7, 11) is 0. The zero-order valence-corrected chi connectivity index (χ0v) is 13.4. The number of fused-ring (bicyclic) bond motifs is 1. The van der Waals surface area contributed by atoms with Crippen LogP contribution in [0, 0.1) is 0 Å². The molecule has 1 unspecified atom stereocenters. The van der Waals surface area contributed by atoms with Crippen molar-refractivity contribution >= 4 is 22.6 Å². The smallest absolute Gasteiger partial charge is 0.114 e. The van der Waals surface area contributed by atoms with E-state index in [1.54, 1.807) is 0 Å². The summed E-state index contributed by atoms with van der Waals surface area (Å²) in [6, 6.07) is 16.2. The molecule has 0 aliphatic heterocycles. The van der Waals surface area contributed by atoms with Crippen LogP contribution in [0.4, 0.5) is 0 Å². The number of rotatable bonds is 5. The summed E-state index contributed by atoms with van der Waals surface area (Å²) in [6.45, 7) is 3.62. The minimum absolute atomic E-state index is 0.202. The van der Waals surface area contributed by atoms with Gasteiger partial charge in [-0.2, -0.15) is 0 Å². The zero-order chi connectivity index (χ0) is 15.5. The number of hydrogen-bond donors (Lipinski definition) is 1. The minimum atomic E-state index is 0.202. The maximum atomic E-state index is 6.05.